The lowest BCUT2D eigenvalue weighted by atomic mass is 10.2. The number of aromatic nitrogens is 1. The van der Waals surface area contributed by atoms with Crippen molar-refractivity contribution in [3.8, 4) is 0 Å². The largest absolute Gasteiger partial charge is 0.273 e. The van der Waals surface area contributed by atoms with Gasteiger partial charge in [-0.15, -0.1) is 0 Å². The van der Waals surface area contributed by atoms with Crippen molar-refractivity contribution in [3.05, 3.63) is 53.2 Å². The van der Waals surface area contributed by atoms with E-state index in [0.717, 1.165) is 23.3 Å². The molecule has 0 spiro atoms. The van der Waals surface area contributed by atoms with Crippen molar-refractivity contribution in [2.75, 3.05) is 0 Å². The summed E-state index contributed by atoms with van der Waals surface area (Å²) in [4.78, 5) is 29.4. The van der Waals surface area contributed by atoms with E-state index < -0.39 is 0 Å². The van der Waals surface area contributed by atoms with Crippen molar-refractivity contribution in [2.45, 2.75) is 36.6 Å². The summed E-state index contributed by atoms with van der Waals surface area (Å²) in [5.74, 6) is -0.441. The normalized spacial score (nSPS) is 13.4. The lowest BCUT2D eigenvalue weighted by Crippen LogP contribution is -2.42. The number of amides is 2. The van der Waals surface area contributed by atoms with Gasteiger partial charge >= 0.3 is 0 Å². The summed E-state index contributed by atoms with van der Waals surface area (Å²) in [6.45, 7) is 4.08. The molecule has 24 heavy (non-hydrogen) atoms. The van der Waals surface area contributed by atoms with Crippen LogP contribution in [0.25, 0.3) is 0 Å². The van der Waals surface area contributed by atoms with Crippen molar-refractivity contribution in [2.24, 2.45) is 5.92 Å². The summed E-state index contributed by atoms with van der Waals surface area (Å²) in [5.41, 5.74) is 7.73. The maximum absolute atomic E-state index is 12.4. The van der Waals surface area contributed by atoms with Gasteiger partial charge in [0.15, 0.2) is 0 Å². The van der Waals surface area contributed by atoms with E-state index >= 15 is 0 Å². The van der Waals surface area contributed by atoms with Gasteiger partial charge < -0.3 is 0 Å². The number of hydrogen-bond donors (Lipinski definition) is 2. The van der Waals surface area contributed by atoms with E-state index in [-0.39, 0.29) is 17.7 Å². The number of pyridine rings is 1. The van der Waals surface area contributed by atoms with E-state index in [1.165, 1.54) is 17.3 Å². The third-order valence-electron chi connectivity index (χ3n) is 3.80. The second kappa shape index (κ2) is 7.05. The van der Waals surface area contributed by atoms with E-state index in [0.29, 0.717) is 10.6 Å². The third-order valence-corrected chi connectivity index (χ3v) is 5.00. The molecule has 1 heterocycles. The molecule has 0 aliphatic heterocycles. The highest BCUT2D eigenvalue weighted by molar-refractivity contribution is 7.99. The minimum Gasteiger partial charge on any atom is -0.273 e. The Labute approximate surface area is 145 Å². The number of aryl methyl sites for hydroxylation is 2. The van der Waals surface area contributed by atoms with Crippen LogP contribution in [0.3, 0.4) is 0 Å². The first-order chi connectivity index (χ1) is 11.5. The molecule has 1 aliphatic carbocycles. The molecule has 1 aromatic heterocycles. The Morgan fingerprint density at radius 2 is 1.96 bits per heavy atom. The Bertz CT molecular complexity index is 788. The Balaban J connectivity index is 1.74. The van der Waals surface area contributed by atoms with Crippen molar-refractivity contribution in [1.82, 2.24) is 15.8 Å². The molecular formula is C18H19N3O2S. The van der Waals surface area contributed by atoms with Crippen LogP contribution in [0.15, 0.2) is 46.5 Å². The van der Waals surface area contributed by atoms with Crippen LogP contribution in [0.2, 0.25) is 0 Å². The minimum absolute atomic E-state index is 0.0447. The average Bonchev–Trinajstić information content (AvgIpc) is 3.40. The zero-order chi connectivity index (χ0) is 17.1. The predicted molar refractivity (Wildman–Crippen MR) is 92.6 cm³/mol. The molecule has 0 radical (unpaired) electrons. The first-order valence-corrected chi connectivity index (χ1v) is 8.66. The molecule has 1 fully saturated rings. The van der Waals surface area contributed by atoms with Gasteiger partial charge in [-0.3, -0.25) is 20.4 Å². The highest BCUT2D eigenvalue weighted by Crippen LogP contribution is 2.31. The molecule has 1 aliphatic rings. The SMILES string of the molecule is Cc1ccc(Sc2ncccc2C(=O)NNC(=O)C2CC2)c(C)c1. The topological polar surface area (TPSA) is 71.1 Å². The van der Waals surface area contributed by atoms with Gasteiger partial charge in [0.1, 0.15) is 5.03 Å². The Kier molecular flexibility index (Phi) is 4.85. The molecule has 1 aromatic carbocycles. The second-order valence-electron chi connectivity index (χ2n) is 5.94. The smallest absolute Gasteiger partial charge is 0.272 e. The lowest BCUT2D eigenvalue weighted by Gasteiger charge is -2.11. The van der Waals surface area contributed by atoms with Gasteiger partial charge in [0.25, 0.3) is 5.91 Å². The molecule has 2 amide bonds. The summed E-state index contributed by atoms with van der Waals surface area (Å²) in [6, 6.07) is 9.58. The van der Waals surface area contributed by atoms with E-state index in [9.17, 15) is 9.59 Å². The number of carbonyl (C=O) groups excluding carboxylic acids is 2. The lowest BCUT2D eigenvalue weighted by molar-refractivity contribution is -0.123. The third kappa shape index (κ3) is 3.94. The zero-order valence-corrected chi connectivity index (χ0v) is 14.4. The Morgan fingerprint density at radius 3 is 2.67 bits per heavy atom. The first kappa shape index (κ1) is 16.5. The van der Waals surface area contributed by atoms with Crippen LogP contribution in [0.1, 0.15) is 34.3 Å². The molecule has 2 aromatic rings. The zero-order valence-electron chi connectivity index (χ0n) is 13.6. The monoisotopic (exact) mass is 341 g/mol. The van der Waals surface area contributed by atoms with Gasteiger partial charge in [-0.05, 0) is 50.5 Å². The van der Waals surface area contributed by atoms with Gasteiger partial charge in [0.05, 0.1) is 5.56 Å². The van der Waals surface area contributed by atoms with Crippen LogP contribution < -0.4 is 10.9 Å². The average molecular weight is 341 g/mol. The van der Waals surface area contributed by atoms with Crippen LogP contribution in [0.5, 0.6) is 0 Å². The summed E-state index contributed by atoms with van der Waals surface area (Å²) in [6.07, 6.45) is 3.44. The summed E-state index contributed by atoms with van der Waals surface area (Å²) < 4.78 is 0. The fraction of sp³-hybridized carbons (Fsp3) is 0.278. The molecule has 3 rings (SSSR count). The standard InChI is InChI=1S/C18H19N3O2S/c1-11-5-8-15(12(2)10-11)24-18-14(4-3-9-19-18)17(23)21-20-16(22)13-6-7-13/h3-5,8-10,13H,6-7H2,1-2H3,(H,20,22)(H,21,23). The van der Waals surface area contributed by atoms with Gasteiger partial charge in [0, 0.05) is 17.0 Å². The highest BCUT2D eigenvalue weighted by Gasteiger charge is 2.30. The maximum Gasteiger partial charge on any atom is 0.272 e. The Morgan fingerprint density at radius 1 is 1.17 bits per heavy atom. The van der Waals surface area contributed by atoms with Crippen LogP contribution >= 0.6 is 11.8 Å². The maximum atomic E-state index is 12.4. The van der Waals surface area contributed by atoms with E-state index in [4.69, 9.17) is 0 Å². The van der Waals surface area contributed by atoms with Crippen molar-refractivity contribution < 1.29 is 9.59 Å². The van der Waals surface area contributed by atoms with Gasteiger partial charge in [-0.2, -0.15) is 0 Å². The van der Waals surface area contributed by atoms with Crippen molar-refractivity contribution in [3.63, 3.8) is 0 Å². The molecule has 0 bridgehead atoms. The number of rotatable bonds is 4. The highest BCUT2D eigenvalue weighted by atomic mass is 32.2. The molecule has 0 atom stereocenters. The van der Waals surface area contributed by atoms with Crippen molar-refractivity contribution in [1.29, 1.82) is 0 Å². The molecule has 6 heteroatoms. The van der Waals surface area contributed by atoms with E-state index in [1.807, 2.05) is 26.0 Å². The Hall–Kier alpha value is -2.34. The van der Waals surface area contributed by atoms with Gasteiger partial charge in [-0.25, -0.2) is 4.98 Å². The number of carbonyl (C=O) groups is 2. The number of hydrazine groups is 1. The van der Waals surface area contributed by atoms with Crippen LogP contribution in [0, 0.1) is 19.8 Å². The van der Waals surface area contributed by atoms with Gasteiger partial charge in [-0.1, -0.05) is 29.5 Å². The number of nitrogens with one attached hydrogen (secondary N) is 2. The van der Waals surface area contributed by atoms with Crippen LogP contribution in [0.4, 0.5) is 0 Å². The molecular weight excluding hydrogens is 322 g/mol. The fourth-order valence-electron chi connectivity index (χ4n) is 2.30. The fourth-order valence-corrected chi connectivity index (χ4v) is 3.24. The minimum atomic E-state index is -0.357. The predicted octanol–water partition coefficient (Wildman–Crippen LogP) is 3.02. The number of nitrogens with zero attached hydrogens (tertiary/aromatic N) is 1. The molecule has 2 N–H and O–H groups in total. The van der Waals surface area contributed by atoms with E-state index in [2.05, 4.69) is 21.9 Å². The summed E-state index contributed by atoms with van der Waals surface area (Å²) in [5, 5.41) is 0.614. The van der Waals surface area contributed by atoms with Gasteiger partial charge in [0.2, 0.25) is 5.91 Å². The summed E-state index contributed by atoms with van der Waals surface area (Å²) in [7, 11) is 0. The van der Waals surface area contributed by atoms with Crippen molar-refractivity contribution >= 4 is 23.6 Å². The molecule has 0 unspecified atom stereocenters. The molecule has 124 valence electrons. The molecule has 1 saturated carbocycles. The van der Waals surface area contributed by atoms with E-state index in [1.54, 1.807) is 18.3 Å². The molecule has 5 nitrogen and oxygen atoms in total. The van der Waals surface area contributed by atoms with Crippen LogP contribution in [-0.4, -0.2) is 16.8 Å². The number of benzene rings is 1. The number of hydrogen-bond acceptors (Lipinski definition) is 4. The second-order valence-corrected chi connectivity index (χ2v) is 6.98. The molecule has 0 saturated heterocycles. The summed E-state index contributed by atoms with van der Waals surface area (Å²) >= 11 is 1.45. The van der Waals surface area contributed by atoms with Crippen LogP contribution in [-0.2, 0) is 4.79 Å². The first-order valence-electron chi connectivity index (χ1n) is 7.85. The quantitative estimate of drug-likeness (QED) is 0.839.